The van der Waals surface area contributed by atoms with E-state index < -0.39 is 0 Å². The lowest BCUT2D eigenvalue weighted by Gasteiger charge is -2.38. The lowest BCUT2D eigenvalue weighted by Crippen LogP contribution is -2.36. The number of hydrogen-bond acceptors (Lipinski definition) is 5. The van der Waals surface area contributed by atoms with Crippen molar-refractivity contribution in [2.24, 2.45) is 5.41 Å². The van der Waals surface area contributed by atoms with Crippen LogP contribution in [0.3, 0.4) is 0 Å². The molecule has 4 rings (SSSR count). The second kappa shape index (κ2) is 8.01. The SMILES string of the molecule is CCCCCCOc1ccc(C2C3=C(CC(C)(C)CC3=O)Nc3ncnn32)cc1. The van der Waals surface area contributed by atoms with E-state index in [1.807, 2.05) is 28.9 Å². The summed E-state index contributed by atoms with van der Waals surface area (Å²) in [7, 11) is 0. The highest BCUT2D eigenvalue weighted by atomic mass is 16.5. The number of anilines is 1. The van der Waals surface area contributed by atoms with Crippen LogP contribution in [0.4, 0.5) is 5.95 Å². The first-order valence-corrected chi connectivity index (χ1v) is 10.6. The molecule has 1 unspecified atom stereocenters. The summed E-state index contributed by atoms with van der Waals surface area (Å²) in [5.41, 5.74) is 2.77. The first-order chi connectivity index (χ1) is 14.0. The highest BCUT2D eigenvalue weighted by Crippen LogP contribution is 2.45. The number of ether oxygens (including phenoxy) is 1. The van der Waals surface area contributed by atoms with Gasteiger partial charge in [-0.25, -0.2) is 4.68 Å². The van der Waals surface area contributed by atoms with E-state index in [0.29, 0.717) is 12.4 Å². The Morgan fingerprint density at radius 3 is 2.72 bits per heavy atom. The Hall–Kier alpha value is -2.63. The third-order valence-electron chi connectivity index (χ3n) is 5.74. The highest BCUT2D eigenvalue weighted by molar-refractivity contribution is 6.00. The molecule has 29 heavy (non-hydrogen) atoms. The maximum Gasteiger partial charge on any atom is 0.226 e. The number of carbonyl (C=O) groups excluding carboxylic acids is 1. The molecule has 0 saturated carbocycles. The van der Waals surface area contributed by atoms with Gasteiger partial charge >= 0.3 is 0 Å². The van der Waals surface area contributed by atoms with E-state index in [2.05, 4.69) is 36.2 Å². The summed E-state index contributed by atoms with van der Waals surface area (Å²) in [4.78, 5) is 17.4. The van der Waals surface area contributed by atoms with Crippen molar-refractivity contribution < 1.29 is 9.53 Å². The minimum Gasteiger partial charge on any atom is -0.494 e. The van der Waals surface area contributed by atoms with Crippen LogP contribution >= 0.6 is 0 Å². The lowest BCUT2D eigenvalue weighted by atomic mass is 9.73. The van der Waals surface area contributed by atoms with Crippen LogP contribution in [0.5, 0.6) is 5.75 Å². The molecule has 2 aliphatic rings. The summed E-state index contributed by atoms with van der Waals surface area (Å²) < 4.78 is 7.69. The van der Waals surface area contributed by atoms with Crippen molar-refractivity contribution in [1.29, 1.82) is 0 Å². The molecule has 2 aromatic rings. The van der Waals surface area contributed by atoms with Crippen molar-refractivity contribution in [2.45, 2.75) is 65.3 Å². The van der Waals surface area contributed by atoms with E-state index in [1.165, 1.54) is 25.6 Å². The van der Waals surface area contributed by atoms with Crippen LogP contribution in [0, 0.1) is 5.41 Å². The molecule has 0 spiro atoms. The molecule has 1 aliphatic heterocycles. The van der Waals surface area contributed by atoms with Gasteiger partial charge in [0.15, 0.2) is 5.78 Å². The first kappa shape index (κ1) is 19.7. The van der Waals surface area contributed by atoms with Crippen LogP contribution in [0.15, 0.2) is 41.9 Å². The first-order valence-electron chi connectivity index (χ1n) is 10.6. The molecule has 0 fully saturated rings. The van der Waals surface area contributed by atoms with Gasteiger partial charge < -0.3 is 10.1 Å². The van der Waals surface area contributed by atoms with Crippen molar-refractivity contribution in [3.8, 4) is 5.75 Å². The van der Waals surface area contributed by atoms with Gasteiger partial charge in [0.25, 0.3) is 0 Å². The van der Waals surface area contributed by atoms with E-state index in [4.69, 9.17) is 4.74 Å². The summed E-state index contributed by atoms with van der Waals surface area (Å²) in [6, 6.07) is 7.82. The second-order valence-electron chi connectivity index (χ2n) is 8.87. The molecular formula is C23H30N4O2. The zero-order chi connectivity index (χ0) is 20.4. The number of nitrogens with one attached hydrogen (secondary N) is 1. The van der Waals surface area contributed by atoms with Crippen LogP contribution in [0.1, 0.15) is 70.9 Å². The fourth-order valence-corrected chi connectivity index (χ4v) is 4.32. The largest absolute Gasteiger partial charge is 0.494 e. The summed E-state index contributed by atoms with van der Waals surface area (Å²) in [5, 5.41) is 7.75. The van der Waals surface area contributed by atoms with Crippen molar-refractivity contribution in [3.63, 3.8) is 0 Å². The van der Waals surface area contributed by atoms with Gasteiger partial charge in [-0.15, -0.1) is 0 Å². The average molecular weight is 395 g/mol. The van der Waals surface area contributed by atoms with Crippen molar-refractivity contribution in [3.05, 3.63) is 47.4 Å². The number of rotatable bonds is 7. The van der Waals surface area contributed by atoms with Gasteiger partial charge in [-0.3, -0.25) is 4.79 Å². The Morgan fingerprint density at radius 1 is 1.17 bits per heavy atom. The third-order valence-corrected chi connectivity index (χ3v) is 5.74. The molecule has 0 radical (unpaired) electrons. The third kappa shape index (κ3) is 4.07. The molecule has 0 bridgehead atoms. The van der Waals surface area contributed by atoms with E-state index in [-0.39, 0.29) is 17.2 Å². The van der Waals surface area contributed by atoms with Crippen molar-refractivity contribution in [1.82, 2.24) is 14.8 Å². The van der Waals surface area contributed by atoms with Crippen molar-refractivity contribution >= 4 is 11.7 Å². The highest BCUT2D eigenvalue weighted by Gasteiger charge is 2.41. The number of benzene rings is 1. The summed E-state index contributed by atoms with van der Waals surface area (Å²) in [6.45, 7) is 7.22. The number of hydrogen-bond donors (Lipinski definition) is 1. The Labute approximate surface area is 172 Å². The molecule has 1 aromatic heterocycles. The zero-order valence-corrected chi connectivity index (χ0v) is 17.6. The standard InChI is InChI=1S/C23H30N4O2/c1-4-5-6-7-12-29-17-10-8-16(9-11-17)21-20-18(13-23(2,3)14-19(20)28)26-22-24-15-25-27(21)22/h8-11,15,21H,4-7,12-14H2,1-3H3,(H,24,25,26). The number of ketones is 1. The maximum atomic E-state index is 13.1. The zero-order valence-electron chi connectivity index (χ0n) is 17.6. The molecule has 1 aromatic carbocycles. The van der Waals surface area contributed by atoms with Gasteiger partial charge in [-0.1, -0.05) is 52.2 Å². The number of Topliss-reactive ketones (excluding diaryl/α,β-unsaturated/α-hetero) is 1. The Bertz CT molecular complexity index is 911. The topological polar surface area (TPSA) is 69.0 Å². The molecule has 1 atom stereocenters. The van der Waals surface area contributed by atoms with Crippen LogP contribution in [0.2, 0.25) is 0 Å². The molecule has 1 N–H and O–H groups in total. The van der Waals surface area contributed by atoms with Gasteiger partial charge in [0.1, 0.15) is 18.1 Å². The van der Waals surface area contributed by atoms with Gasteiger partial charge in [0.2, 0.25) is 5.95 Å². The maximum absolute atomic E-state index is 13.1. The molecule has 6 heteroatoms. The molecular weight excluding hydrogens is 364 g/mol. The summed E-state index contributed by atoms with van der Waals surface area (Å²) in [6.07, 6.45) is 7.67. The summed E-state index contributed by atoms with van der Waals surface area (Å²) in [5.74, 6) is 1.74. The number of aromatic nitrogens is 3. The van der Waals surface area contributed by atoms with Gasteiger partial charge in [0, 0.05) is 17.7 Å². The van der Waals surface area contributed by atoms with Crippen LogP contribution in [-0.4, -0.2) is 27.2 Å². The normalized spacial score (nSPS) is 20.1. The Morgan fingerprint density at radius 2 is 1.97 bits per heavy atom. The predicted molar refractivity (Wildman–Crippen MR) is 113 cm³/mol. The number of nitrogens with zero attached hydrogens (tertiary/aromatic N) is 3. The van der Waals surface area contributed by atoms with E-state index in [9.17, 15) is 4.79 Å². The fourth-order valence-electron chi connectivity index (χ4n) is 4.32. The number of allylic oxidation sites excluding steroid dienone is 2. The molecule has 1 aliphatic carbocycles. The van der Waals surface area contributed by atoms with E-state index in [1.54, 1.807) is 0 Å². The van der Waals surface area contributed by atoms with E-state index >= 15 is 0 Å². The monoisotopic (exact) mass is 394 g/mol. The minimum absolute atomic E-state index is 0.0505. The Kier molecular flexibility index (Phi) is 5.43. The number of carbonyl (C=O) groups is 1. The minimum atomic E-state index is -0.244. The summed E-state index contributed by atoms with van der Waals surface area (Å²) >= 11 is 0. The Balaban J connectivity index is 1.58. The van der Waals surface area contributed by atoms with Crippen molar-refractivity contribution in [2.75, 3.05) is 11.9 Å². The molecule has 0 saturated heterocycles. The number of fused-ring (bicyclic) bond motifs is 1. The fraction of sp³-hybridized carbons (Fsp3) is 0.522. The van der Waals surface area contributed by atoms with Crippen LogP contribution < -0.4 is 10.1 Å². The predicted octanol–water partition coefficient (Wildman–Crippen LogP) is 4.90. The quantitative estimate of drug-likeness (QED) is 0.677. The van der Waals surface area contributed by atoms with Gasteiger partial charge in [0.05, 0.1) is 6.61 Å². The molecule has 6 nitrogen and oxygen atoms in total. The van der Waals surface area contributed by atoms with Crippen LogP contribution in [-0.2, 0) is 4.79 Å². The number of unbranched alkanes of at least 4 members (excludes halogenated alkanes) is 3. The van der Waals surface area contributed by atoms with E-state index in [0.717, 1.165) is 42.0 Å². The average Bonchev–Trinajstić information content (AvgIpc) is 3.14. The molecule has 2 heterocycles. The van der Waals surface area contributed by atoms with Gasteiger partial charge in [-0.2, -0.15) is 10.1 Å². The smallest absolute Gasteiger partial charge is 0.226 e. The second-order valence-corrected chi connectivity index (χ2v) is 8.87. The lowest BCUT2D eigenvalue weighted by molar-refractivity contribution is -0.118. The molecule has 0 amide bonds. The molecule has 154 valence electrons. The van der Waals surface area contributed by atoms with Gasteiger partial charge in [-0.05, 0) is 36.0 Å². The van der Waals surface area contributed by atoms with Crippen LogP contribution in [0.25, 0.3) is 0 Å².